The van der Waals surface area contributed by atoms with Crippen molar-refractivity contribution in [3.63, 3.8) is 0 Å². The van der Waals surface area contributed by atoms with E-state index in [1.807, 2.05) is 92.7 Å². The highest BCUT2D eigenvalue weighted by Gasteiger charge is 2.21. The molecule has 34 heavy (non-hydrogen) atoms. The number of aromatic nitrogens is 1. The molecule has 0 fully saturated rings. The lowest BCUT2D eigenvalue weighted by atomic mass is 9.93. The van der Waals surface area contributed by atoms with E-state index < -0.39 is 0 Å². The van der Waals surface area contributed by atoms with Gasteiger partial charge in [0.25, 0.3) is 0 Å². The number of benzene rings is 3. The van der Waals surface area contributed by atoms with Crippen molar-refractivity contribution in [3.05, 3.63) is 122 Å². The molecular weight excluding hydrogens is 444 g/mol. The molecule has 0 aliphatic carbocycles. The van der Waals surface area contributed by atoms with Crippen LogP contribution in [0.3, 0.4) is 0 Å². The van der Waals surface area contributed by atoms with E-state index >= 15 is 0 Å². The van der Waals surface area contributed by atoms with Crippen LogP contribution in [0.2, 0.25) is 5.02 Å². The Morgan fingerprint density at radius 2 is 1.65 bits per heavy atom. The zero-order valence-electron chi connectivity index (χ0n) is 19.7. The molecule has 4 aromatic rings. The molecule has 1 unspecified atom stereocenters. The molecule has 1 aromatic heterocycles. The van der Waals surface area contributed by atoms with Gasteiger partial charge in [0.2, 0.25) is 0 Å². The highest BCUT2D eigenvalue weighted by Crippen LogP contribution is 2.29. The molecule has 174 valence electrons. The van der Waals surface area contributed by atoms with Crippen molar-refractivity contribution < 1.29 is 4.74 Å². The molecule has 5 heteroatoms. The van der Waals surface area contributed by atoms with Crippen LogP contribution in [0.1, 0.15) is 34.1 Å². The van der Waals surface area contributed by atoms with Gasteiger partial charge in [-0.1, -0.05) is 72.3 Å². The van der Waals surface area contributed by atoms with Crippen molar-refractivity contribution in [1.29, 1.82) is 0 Å². The summed E-state index contributed by atoms with van der Waals surface area (Å²) in [4.78, 5) is 13.9. The summed E-state index contributed by atoms with van der Waals surface area (Å²) >= 11 is 6.50. The number of nitrogens with two attached hydrogens (primary N) is 1. The van der Waals surface area contributed by atoms with Gasteiger partial charge < -0.3 is 15.0 Å². The van der Waals surface area contributed by atoms with Gasteiger partial charge >= 0.3 is 0 Å². The van der Waals surface area contributed by atoms with E-state index in [0.717, 1.165) is 28.1 Å². The molecule has 0 aliphatic rings. The minimum absolute atomic E-state index is 0.00467. The third-order valence-electron chi connectivity index (χ3n) is 6.41. The van der Waals surface area contributed by atoms with Gasteiger partial charge in [0.05, 0.1) is 7.11 Å². The van der Waals surface area contributed by atoms with Crippen molar-refractivity contribution in [1.82, 2.24) is 4.57 Å². The lowest BCUT2D eigenvalue weighted by molar-refractivity contribution is 0.415. The number of nitrogens with zero attached hydrogens (tertiary/aromatic N) is 1. The molecule has 0 amide bonds. The van der Waals surface area contributed by atoms with Crippen LogP contribution in [0.15, 0.2) is 83.7 Å². The van der Waals surface area contributed by atoms with Crippen LogP contribution in [0.25, 0.3) is 11.1 Å². The van der Waals surface area contributed by atoms with Crippen molar-refractivity contribution in [2.24, 2.45) is 5.73 Å². The average molecular weight is 473 g/mol. The van der Waals surface area contributed by atoms with E-state index in [2.05, 4.69) is 4.57 Å². The van der Waals surface area contributed by atoms with Crippen LogP contribution in [0.4, 0.5) is 0 Å². The number of rotatable bonds is 7. The predicted molar refractivity (Wildman–Crippen MR) is 140 cm³/mol. The second-order valence-electron chi connectivity index (χ2n) is 8.48. The molecule has 2 N–H and O–H groups in total. The topological polar surface area (TPSA) is 57.2 Å². The fourth-order valence-corrected chi connectivity index (χ4v) is 4.66. The Hall–Kier alpha value is -3.34. The summed E-state index contributed by atoms with van der Waals surface area (Å²) in [5.74, 6) is 0.706. The van der Waals surface area contributed by atoms with Crippen LogP contribution in [-0.4, -0.2) is 11.7 Å². The van der Waals surface area contributed by atoms with Crippen LogP contribution >= 0.6 is 11.6 Å². The van der Waals surface area contributed by atoms with Gasteiger partial charge in [-0.25, -0.2) is 0 Å². The molecule has 0 spiro atoms. The Bertz CT molecular complexity index is 1360. The molecule has 1 heterocycles. The monoisotopic (exact) mass is 472 g/mol. The number of halogens is 1. The molecule has 0 bridgehead atoms. The first-order valence-corrected chi connectivity index (χ1v) is 11.7. The average Bonchev–Trinajstić information content (AvgIpc) is 2.86. The molecule has 0 saturated carbocycles. The number of methoxy groups -OCH3 is 1. The minimum atomic E-state index is -0.290. The maximum Gasteiger partial charge on any atom is 0.193 e. The third kappa shape index (κ3) is 4.79. The maximum absolute atomic E-state index is 13.9. The van der Waals surface area contributed by atoms with E-state index in [1.54, 1.807) is 7.11 Å². The first kappa shape index (κ1) is 23.8. The largest absolute Gasteiger partial charge is 0.497 e. The Balaban J connectivity index is 1.91. The van der Waals surface area contributed by atoms with Crippen LogP contribution in [-0.2, 0) is 13.0 Å². The summed E-state index contributed by atoms with van der Waals surface area (Å²) in [6.45, 7) is 4.54. The summed E-state index contributed by atoms with van der Waals surface area (Å²) in [6, 6.07) is 25.0. The zero-order valence-corrected chi connectivity index (χ0v) is 20.5. The molecule has 0 aliphatic heterocycles. The third-order valence-corrected chi connectivity index (χ3v) is 6.77. The van der Waals surface area contributed by atoms with Crippen LogP contribution in [0.5, 0.6) is 5.75 Å². The molecule has 3 aromatic carbocycles. The van der Waals surface area contributed by atoms with E-state index in [0.29, 0.717) is 34.9 Å². The van der Waals surface area contributed by atoms with Crippen LogP contribution in [0, 0.1) is 13.8 Å². The fourth-order valence-electron chi connectivity index (χ4n) is 4.46. The van der Waals surface area contributed by atoms with Gasteiger partial charge in [-0.2, -0.15) is 0 Å². The van der Waals surface area contributed by atoms with E-state index in [9.17, 15) is 4.79 Å². The molecule has 0 saturated heterocycles. The first-order chi connectivity index (χ1) is 16.4. The van der Waals surface area contributed by atoms with Gasteiger partial charge in [0.15, 0.2) is 5.43 Å². The fraction of sp³-hybridized carbons (Fsp3) is 0.207. The van der Waals surface area contributed by atoms with Gasteiger partial charge in [-0.05, 0) is 55.2 Å². The van der Waals surface area contributed by atoms with E-state index in [1.165, 1.54) is 0 Å². The quantitative estimate of drug-likeness (QED) is 0.354. The first-order valence-electron chi connectivity index (χ1n) is 11.3. The highest BCUT2D eigenvalue weighted by atomic mass is 35.5. The number of pyridine rings is 1. The number of ether oxygens (including phenoxy) is 1. The van der Waals surface area contributed by atoms with Gasteiger partial charge in [-0.3, -0.25) is 4.79 Å². The van der Waals surface area contributed by atoms with Crippen molar-refractivity contribution in [3.8, 4) is 16.9 Å². The molecule has 0 radical (unpaired) electrons. The zero-order chi connectivity index (χ0) is 24.2. The molecule has 4 rings (SSSR count). The molecular formula is C29H29ClN2O2. The van der Waals surface area contributed by atoms with Gasteiger partial charge in [0.1, 0.15) is 5.75 Å². The lowest BCUT2D eigenvalue weighted by Gasteiger charge is -2.23. The van der Waals surface area contributed by atoms with Crippen molar-refractivity contribution in [2.75, 3.05) is 7.11 Å². The van der Waals surface area contributed by atoms with E-state index in [4.69, 9.17) is 22.1 Å². The smallest absolute Gasteiger partial charge is 0.193 e. The summed E-state index contributed by atoms with van der Waals surface area (Å²) in [6.07, 6.45) is 0.439. The number of hydrogen-bond donors (Lipinski definition) is 1. The second kappa shape index (κ2) is 10.3. The standard InChI is InChI=1S/C29H29ClN2O2/c1-19-25(17-27(31)21-10-5-4-6-11-21)29(33)28(22-13-9-14-24(16-22)34-3)20(2)32(19)18-23-12-7-8-15-26(23)30/h4-16,27H,17-18,31H2,1-3H3. The van der Waals surface area contributed by atoms with Gasteiger partial charge in [0, 0.05) is 40.1 Å². The normalized spacial score (nSPS) is 11.9. The van der Waals surface area contributed by atoms with Crippen molar-refractivity contribution in [2.45, 2.75) is 32.9 Å². The summed E-state index contributed by atoms with van der Waals surface area (Å²) in [5.41, 5.74) is 12.6. The van der Waals surface area contributed by atoms with Gasteiger partial charge in [-0.15, -0.1) is 0 Å². The maximum atomic E-state index is 13.9. The highest BCUT2D eigenvalue weighted by molar-refractivity contribution is 6.31. The Morgan fingerprint density at radius 3 is 2.35 bits per heavy atom. The Labute approximate surface area is 205 Å². The van der Waals surface area contributed by atoms with E-state index in [-0.39, 0.29) is 11.5 Å². The SMILES string of the molecule is COc1cccc(-c2c(C)n(Cc3ccccc3Cl)c(C)c(CC(N)c3ccccc3)c2=O)c1. The Morgan fingerprint density at radius 1 is 0.941 bits per heavy atom. The summed E-state index contributed by atoms with van der Waals surface area (Å²) < 4.78 is 7.60. The summed E-state index contributed by atoms with van der Waals surface area (Å²) in [5, 5.41) is 0.700. The predicted octanol–water partition coefficient (Wildman–Crippen LogP) is 6.08. The minimum Gasteiger partial charge on any atom is -0.497 e. The molecule has 4 nitrogen and oxygen atoms in total. The van der Waals surface area contributed by atoms with Crippen LogP contribution < -0.4 is 15.9 Å². The second-order valence-corrected chi connectivity index (χ2v) is 8.89. The molecule has 1 atom stereocenters. The van der Waals surface area contributed by atoms with Crippen molar-refractivity contribution >= 4 is 11.6 Å². The summed E-state index contributed by atoms with van der Waals surface area (Å²) in [7, 11) is 1.63. The number of hydrogen-bond acceptors (Lipinski definition) is 3. The Kier molecular flexibility index (Phi) is 7.20. The lowest BCUT2D eigenvalue weighted by Crippen LogP contribution is -2.26.